The van der Waals surface area contributed by atoms with Gasteiger partial charge in [-0.2, -0.15) is 13.2 Å². The van der Waals surface area contributed by atoms with Crippen molar-refractivity contribution in [3.63, 3.8) is 0 Å². The fraction of sp³-hybridized carbons (Fsp3) is 0.133. The number of anilines is 1. The predicted octanol–water partition coefficient (Wildman–Crippen LogP) is 3.85. The van der Waals surface area contributed by atoms with Gasteiger partial charge in [-0.15, -0.1) is 0 Å². The molecule has 21 heavy (non-hydrogen) atoms. The van der Waals surface area contributed by atoms with Gasteiger partial charge in [-0.3, -0.25) is 4.79 Å². The second-order valence-electron chi connectivity index (χ2n) is 4.50. The fourth-order valence-corrected chi connectivity index (χ4v) is 1.87. The van der Waals surface area contributed by atoms with Crippen LogP contribution in [0, 0.1) is 5.82 Å². The molecule has 0 atom stereocenters. The first-order valence-electron chi connectivity index (χ1n) is 6.02. The average Bonchev–Trinajstić information content (AvgIpc) is 2.41. The van der Waals surface area contributed by atoms with Crippen molar-refractivity contribution in [2.24, 2.45) is 0 Å². The summed E-state index contributed by atoms with van der Waals surface area (Å²) in [6.45, 7) is 0. The van der Waals surface area contributed by atoms with Gasteiger partial charge in [0.15, 0.2) is 5.78 Å². The smallest absolute Gasteiger partial charge is 0.396 e. The van der Waals surface area contributed by atoms with E-state index in [0.717, 1.165) is 18.2 Å². The van der Waals surface area contributed by atoms with Gasteiger partial charge >= 0.3 is 6.18 Å². The normalized spacial score (nSPS) is 11.4. The number of benzene rings is 2. The summed E-state index contributed by atoms with van der Waals surface area (Å²) in [5.41, 5.74) is 4.85. The van der Waals surface area contributed by atoms with Crippen LogP contribution in [0.3, 0.4) is 0 Å². The Labute approximate surface area is 118 Å². The maximum atomic E-state index is 13.3. The molecular weight excluding hydrogens is 286 g/mol. The lowest BCUT2D eigenvalue weighted by Gasteiger charge is -2.08. The van der Waals surface area contributed by atoms with E-state index >= 15 is 0 Å². The highest BCUT2D eigenvalue weighted by atomic mass is 19.4. The highest BCUT2D eigenvalue weighted by molar-refractivity contribution is 6.01. The van der Waals surface area contributed by atoms with E-state index < -0.39 is 23.3 Å². The van der Waals surface area contributed by atoms with Gasteiger partial charge < -0.3 is 5.73 Å². The molecule has 0 saturated carbocycles. The topological polar surface area (TPSA) is 43.1 Å². The third-order valence-corrected chi connectivity index (χ3v) is 3.00. The Morgan fingerprint density at radius 1 is 1.05 bits per heavy atom. The van der Waals surface area contributed by atoms with Crippen molar-refractivity contribution in [2.75, 3.05) is 5.73 Å². The molecule has 2 rings (SSSR count). The van der Waals surface area contributed by atoms with E-state index in [1.807, 2.05) is 0 Å². The molecule has 0 amide bonds. The third kappa shape index (κ3) is 3.39. The lowest BCUT2D eigenvalue weighted by Crippen LogP contribution is -2.09. The largest absolute Gasteiger partial charge is 0.416 e. The van der Waals surface area contributed by atoms with E-state index in [9.17, 15) is 22.4 Å². The third-order valence-electron chi connectivity index (χ3n) is 3.00. The number of para-hydroxylation sites is 1. The molecule has 0 aromatic heterocycles. The Morgan fingerprint density at radius 3 is 2.24 bits per heavy atom. The zero-order valence-electron chi connectivity index (χ0n) is 10.7. The van der Waals surface area contributed by atoms with Crippen LogP contribution in [0.2, 0.25) is 0 Å². The summed E-state index contributed by atoms with van der Waals surface area (Å²) in [5.74, 6) is -1.15. The summed E-state index contributed by atoms with van der Waals surface area (Å²) < 4.78 is 50.5. The van der Waals surface area contributed by atoms with Crippen molar-refractivity contribution >= 4 is 11.5 Å². The molecule has 0 unspecified atom stereocenters. The highest BCUT2D eigenvalue weighted by Crippen LogP contribution is 2.29. The van der Waals surface area contributed by atoms with E-state index in [2.05, 4.69) is 0 Å². The number of ketones is 1. The molecule has 6 heteroatoms. The van der Waals surface area contributed by atoms with Gasteiger partial charge in [0, 0.05) is 12.0 Å². The van der Waals surface area contributed by atoms with Gasteiger partial charge in [0.05, 0.1) is 11.3 Å². The number of carbonyl (C=O) groups is 1. The number of alkyl halides is 3. The number of halogens is 4. The van der Waals surface area contributed by atoms with Crippen LogP contribution < -0.4 is 5.73 Å². The summed E-state index contributed by atoms with van der Waals surface area (Å²) >= 11 is 0. The fourth-order valence-electron chi connectivity index (χ4n) is 1.87. The van der Waals surface area contributed by atoms with Crippen LogP contribution in [0.15, 0.2) is 42.5 Å². The standard InChI is InChI=1S/C15H11F4NO/c16-12-3-1-2-11(14(12)20)13(21)8-9-4-6-10(7-5-9)15(17,18)19/h1-7H,8,20H2. The molecule has 2 aromatic rings. The first-order chi connectivity index (χ1) is 9.79. The van der Waals surface area contributed by atoms with E-state index in [1.165, 1.54) is 24.3 Å². The maximum Gasteiger partial charge on any atom is 0.416 e. The summed E-state index contributed by atoms with van der Waals surface area (Å²) in [5, 5.41) is 0. The lowest BCUT2D eigenvalue weighted by atomic mass is 10.0. The van der Waals surface area contributed by atoms with Crippen molar-refractivity contribution in [2.45, 2.75) is 12.6 Å². The van der Waals surface area contributed by atoms with Crippen molar-refractivity contribution < 1.29 is 22.4 Å². The van der Waals surface area contributed by atoms with E-state index in [1.54, 1.807) is 0 Å². The zero-order chi connectivity index (χ0) is 15.6. The number of nitrogen functional groups attached to an aromatic ring is 1. The minimum Gasteiger partial charge on any atom is -0.396 e. The molecule has 0 radical (unpaired) electrons. The van der Waals surface area contributed by atoms with Gasteiger partial charge in [-0.05, 0) is 29.8 Å². The van der Waals surface area contributed by atoms with Gasteiger partial charge in [0.1, 0.15) is 5.82 Å². The Balaban J connectivity index is 2.18. The second-order valence-corrected chi connectivity index (χ2v) is 4.50. The Bertz CT molecular complexity index is 662. The highest BCUT2D eigenvalue weighted by Gasteiger charge is 2.30. The van der Waals surface area contributed by atoms with Crippen LogP contribution in [-0.4, -0.2) is 5.78 Å². The maximum absolute atomic E-state index is 13.3. The molecular formula is C15H11F4NO. The SMILES string of the molecule is Nc1c(F)cccc1C(=O)Cc1ccc(C(F)(F)F)cc1. The van der Waals surface area contributed by atoms with E-state index in [4.69, 9.17) is 5.73 Å². The molecule has 0 heterocycles. The molecule has 0 fully saturated rings. The second kappa shape index (κ2) is 5.55. The summed E-state index contributed by atoms with van der Waals surface area (Å²) in [4.78, 5) is 12.0. The van der Waals surface area contributed by atoms with E-state index in [0.29, 0.717) is 5.56 Å². The van der Waals surface area contributed by atoms with Crippen LogP contribution in [-0.2, 0) is 12.6 Å². The number of Topliss-reactive ketones (excluding diaryl/α,β-unsaturated/α-hetero) is 1. The van der Waals surface area contributed by atoms with Crippen LogP contribution >= 0.6 is 0 Å². The molecule has 0 bridgehead atoms. The molecule has 0 aliphatic rings. The summed E-state index contributed by atoms with van der Waals surface area (Å²) in [6, 6.07) is 8.10. The van der Waals surface area contributed by atoms with Gasteiger partial charge in [0.25, 0.3) is 0 Å². The van der Waals surface area contributed by atoms with Gasteiger partial charge in [-0.25, -0.2) is 4.39 Å². The number of hydrogen-bond donors (Lipinski definition) is 1. The molecule has 0 aliphatic heterocycles. The van der Waals surface area contributed by atoms with Crippen LogP contribution in [0.4, 0.5) is 23.2 Å². The predicted molar refractivity (Wildman–Crippen MR) is 70.3 cm³/mol. The number of rotatable bonds is 3. The Kier molecular flexibility index (Phi) is 3.97. The minimum atomic E-state index is -4.42. The van der Waals surface area contributed by atoms with Crippen LogP contribution in [0.1, 0.15) is 21.5 Å². The first kappa shape index (κ1) is 15.0. The Morgan fingerprint density at radius 2 is 1.67 bits per heavy atom. The molecule has 0 saturated heterocycles. The number of carbonyl (C=O) groups excluding carboxylic acids is 1. The Hall–Kier alpha value is -2.37. The first-order valence-corrected chi connectivity index (χ1v) is 6.02. The van der Waals surface area contributed by atoms with Crippen molar-refractivity contribution in [3.05, 3.63) is 65.0 Å². The molecule has 2 aromatic carbocycles. The number of nitrogens with two attached hydrogens (primary N) is 1. The summed E-state index contributed by atoms with van der Waals surface area (Å²) in [6.07, 6.45) is -4.57. The van der Waals surface area contributed by atoms with Crippen molar-refractivity contribution in [1.82, 2.24) is 0 Å². The monoisotopic (exact) mass is 297 g/mol. The van der Waals surface area contributed by atoms with Gasteiger partial charge in [-0.1, -0.05) is 18.2 Å². The van der Waals surface area contributed by atoms with E-state index in [-0.39, 0.29) is 17.7 Å². The quantitative estimate of drug-likeness (QED) is 0.531. The molecule has 2 nitrogen and oxygen atoms in total. The molecule has 0 aliphatic carbocycles. The molecule has 0 spiro atoms. The van der Waals surface area contributed by atoms with Crippen molar-refractivity contribution in [1.29, 1.82) is 0 Å². The average molecular weight is 297 g/mol. The minimum absolute atomic E-state index is 0.0231. The van der Waals surface area contributed by atoms with Crippen LogP contribution in [0.25, 0.3) is 0 Å². The summed E-state index contributed by atoms with van der Waals surface area (Å²) in [7, 11) is 0. The van der Waals surface area contributed by atoms with Gasteiger partial charge in [0.2, 0.25) is 0 Å². The zero-order valence-corrected chi connectivity index (χ0v) is 10.7. The molecule has 2 N–H and O–H groups in total. The van der Waals surface area contributed by atoms with Crippen molar-refractivity contribution in [3.8, 4) is 0 Å². The van der Waals surface area contributed by atoms with Crippen LogP contribution in [0.5, 0.6) is 0 Å². The lowest BCUT2D eigenvalue weighted by molar-refractivity contribution is -0.137. The molecule has 110 valence electrons. The number of hydrogen-bond acceptors (Lipinski definition) is 2.